The molecule has 128 valence electrons. The second-order valence-electron chi connectivity index (χ2n) is 5.94. The number of hydrogen-bond acceptors (Lipinski definition) is 4. The smallest absolute Gasteiger partial charge is 0.179 e. The fourth-order valence-corrected chi connectivity index (χ4v) is 4.29. The summed E-state index contributed by atoms with van der Waals surface area (Å²) in [4.78, 5) is 4.90. The molecule has 1 saturated heterocycles. The largest absolute Gasteiger partial charge is 0.369 e. The molecule has 0 atom stereocenters. The third kappa shape index (κ3) is 4.29. The minimum atomic E-state index is -3.26. The molecule has 0 radical (unpaired) electrons. The summed E-state index contributed by atoms with van der Waals surface area (Å²) < 4.78 is 24.8. The van der Waals surface area contributed by atoms with E-state index in [0.29, 0.717) is 16.5 Å². The van der Waals surface area contributed by atoms with Crippen LogP contribution < -0.4 is 4.90 Å². The van der Waals surface area contributed by atoms with Crippen LogP contribution in [-0.2, 0) is 9.84 Å². The molecule has 0 N–H and O–H groups in total. The lowest BCUT2D eigenvalue weighted by atomic mass is 10.2. The van der Waals surface area contributed by atoms with Crippen LogP contribution in [0.15, 0.2) is 59.5 Å². The van der Waals surface area contributed by atoms with Crippen molar-refractivity contribution in [2.45, 2.75) is 4.90 Å². The molecule has 0 amide bonds. The van der Waals surface area contributed by atoms with Crippen LogP contribution in [0.3, 0.4) is 0 Å². The Bertz CT molecular complexity index is 755. The van der Waals surface area contributed by atoms with E-state index in [1.807, 2.05) is 18.2 Å². The van der Waals surface area contributed by atoms with Crippen molar-refractivity contribution in [2.24, 2.45) is 0 Å². The van der Waals surface area contributed by atoms with Gasteiger partial charge in [0.2, 0.25) is 0 Å². The summed E-state index contributed by atoms with van der Waals surface area (Å²) in [7, 11) is -3.26. The lowest BCUT2D eigenvalue weighted by molar-refractivity contribution is 0.272. The van der Waals surface area contributed by atoms with E-state index in [1.165, 1.54) is 5.69 Å². The molecule has 0 bridgehead atoms. The summed E-state index contributed by atoms with van der Waals surface area (Å²) in [5, 5.41) is 0.547. The predicted octanol–water partition coefficient (Wildman–Crippen LogP) is 2.94. The summed E-state index contributed by atoms with van der Waals surface area (Å²) in [5.41, 5.74) is 1.23. The first-order valence-electron chi connectivity index (χ1n) is 8.05. The summed E-state index contributed by atoms with van der Waals surface area (Å²) in [6, 6.07) is 16.7. The molecule has 2 aromatic carbocycles. The Morgan fingerprint density at radius 3 is 2.12 bits per heavy atom. The number of sulfone groups is 1. The van der Waals surface area contributed by atoms with E-state index in [9.17, 15) is 8.42 Å². The molecule has 6 heteroatoms. The zero-order valence-electron chi connectivity index (χ0n) is 13.4. The fraction of sp³-hybridized carbons (Fsp3) is 0.333. The van der Waals surface area contributed by atoms with Crippen LogP contribution in [0, 0.1) is 0 Å². The number of hydrogen-bond donors (Lipinski definition) is 0. The average molecular weight is 365 g/mol. The van der Waals surface area contributed by atoms with Crippen LogP contribution in [0.4, 0.5) is 5.69 Å². The van der Waals surface area contributed by atoms with E-state index in [-0.39, 0.29) is 5.75 Å². The quantitative estimate of drug-likeness (QED) is 0.818. The van der Waals surface area contributed by atoms with Crippen LogP contribution in [0.25, 0.3) is 0 Å². The van der Waals surface area contributed by atoms with Crippen molar-refractivity contribution in [1.29, 1.82) is 0 Å². The highest BCUT2D eigenvalue weighted by Gasteiger charge is 2.20. The molecule has 0 unspecified atom stereocenters. The van der Waals surface area contributed by atoms with E-state index in [2.05, 4.69) is 21.9 Å². The van der Waals surface area contributed by atoms with Gasteiger partial charge in [0, 0.05) is 43.4 Å². The zero-order valence-corrected chi connectivity index (χ0v) is 15.0. The first-order chi connectivity index (χ1) is 11.5. The molecule has 1 aliphatic rings. The van der Waals surface area contributed by atoms with E-state index >= 15 is 0 Å². The molecule has 1 heterocycles. The maximum Gasteiger partial charge on any atom is 0.179 e. The van der Waals surface area contributed by atoms with Gasteiger partial charge in [-0.05, 0) is 36.4 Å². The summed E-state index contributed by atoms with van der Waals surface area (Å²) in [6.45, 7) is 4.17. The van der Waals surface area contributed by atoms with E-state index in [4.69, 9.17) is 11.6 Å². The van der Waals surface area contributed by atoms with Gasteiger partial charge in [-0.15, -0.1) is 0 Å². The van der Waals surface area contributed by atoms with Gasteiger partial charge in [0.15, 0.2) is 9.84 Å². The number of rotatable bonds is 5. The van der Waals surface area contributed by atoms with Gasteiger partial charge >= 0.3 is 0 Å². The fourth-order valence-electron chi connectivity index (χ4n) is 2.88. The number of para-hydroxylation sites is 1. The van der Waals surface area contributed by atoms with Crippen molar-refractivity contribution in [3.8, 4) is 0 Å². The molecule has 24 heavy (non-hydrogen) atoms. The average Bonchev–Trinajstić information content (AvgIpc) is 2.62. The standard InChI is InChI=1S/C18H21ClN2O2S/c19-16-6-8-18(9-7-16)24(22,23)15-14-20-10-12-21(13-11-20)17-4-2-1-3-5-17/h1-9H,10-15H2. The van der Waals surface area contributed by atoms with Gasteiger partial charge in [0.25, 0.3) is 0 Å². The zero-order chi connectivity index (χ0) is 17.0. The van der Waals surface area contributed by atoms with Crippen LogP contribution in [0.1, 0.15) is 0 Å². The lowest BCUT2D eigenvalue weighted by Gasteiger charge is -2.36. The molecule has 4 nitrogen and oxygen atoms in total. The van der Waals surface area contributed by atoms with Crippen molar-refractivity contribution in [2.75, 3.05) is 43.4 Å². The van der Waals surface area contributed by atoms with Crippen molar-refractivity contribution >= 4 is 27.1 Å². The van der Waals surface area contributed by atoms with Gasteiger partial charge in [0.05, 0.1) is 10.6 Å². The van der Waals surface area contributed by atoms with Crippen molar-refractivity contribution in [3.63, 3.8) is 0 Å². The maximum atomic E-state index is 12.4. The number of anilines is 1. The maximum absolute atomic E-state index is 12.4. The normalized spacial score (nSPS) is 16.3. The molecular formula is C18H21ClN2O2S. The number of piperazine rings is 1. The van der Waals surface area contributed by atoms with Gasteiger partial charge in [-0.2, -0.15) is 0 Å². The van der Waals surface area contributed by atoms with Crippen LogP contribution >= 0.6 is 11.6 Å². The van der Waals surface area contributed by atoms with Crippen LogP contribution in [-0.4, -0.2) is 51.8 Å². The molecule has 0 saturated carbocycles. The van der Waals surface area contributed by atoms with Crippen molar-refractivity contribution in [1.82, 2.24) is 4.90 Å². The highest BCUT2D eigenvalue weighted by molar-refractivity contribution is 7.91. The molecule has 0 spiro atoms. The van der Waals surface area contributed by atoms with Crippen LogP contribution in [0.2, 0.25) is 5.02 Å². The third-order valence-electron chi connectivity index (χ3n) is 4.34. The molecule has 3 rings (SSSR count). The summed E-state index contributed by atoms with van der Waals surface area (Å²) in [5.74, 6) is 0.139. The molecule has 2 aromatic rings. The van der Waals surface area contributed by atoms with E-state index in [0.717, 1.165) is 26.2 Å². The van der Waals surface area contributed by atoms with E-state index < -0.39 is 9.84 Å². The molecule has 0 aliphatic carbocycles. The predicted molar refractivity (Wildman–Crippen MR) is 98.6 cm³/mol. The number of benzene rings is 2. The Morgan fingerprint density at radius 2 is 1.50 bits per heavy atom. The van der Waals surface area contributed by atoms with Gasteiger partial charge in [-0.1, -0.05) is 29.8 Å². The third-order valence-corrected chi connectivity index (χ3v) is 6.31. The van der Waals surface area contributed by atoms with E-state index in [1.54, 1.807) is 24.3 Å². The SMILES string of the molecule is O=S(=O)(CCN1CCN(c2ccccc2)CC1)c1ccc(Cl)cc1. The summed E-state index contributed by atoms with van der Waals surface area (Å²) >= 11 is 5.82. The van der Waals surface area contributed by atoms with Gasteiger partial charge < -0.3 is 4.90 Å². The minimum absolute atomic E-state index is 0.139. The first-order valence-corrected chi connectivity index (χ1v) is 10.1. The molecule has 1 aliphatic heterocycles. The van der Waals surface area contributed by atoms with Gasteiger partial charge in [-0.25, -0.2) is 8.42 Å². The highest BCUT2D eigenvalue weighted by Crippen LogP contribution is 2.17. The molecular weight excluding hydrogens is 344 g/mol. The number of nitrogens with zero attached hydrogens (tertiary/aromatic N) is 2. The van der Waals surface area contributed by atoms with Gasteiger partial charge in [0.1, 0.15) is 0 Å². The topological polar surface area (TPSA) is 40.6 Å². The lowest BCUT2D eigenvalue weighted by Crippen LogP contribution is -2.47. The second kappa shape index (κ2) is 7.55. The Labute approximate surface area is 148 Å². The molecule has 0 aromatic heterocycles. The Hall–Kier alpha value is -1.56. The monoisotopic (exact) mass is 364 g/mol. The number of halogens is 1. The first kappa shape index (κ1) is 17.3. The molecule has 1 fully saturated rings. The Kier molecular flexibility index (Phi) is 5.43. The Balaban J connectivity index is 1.52. The summed E-state index contributed by atoms with van der Waals surface area (Å²) in [6.07, 6.45) is 0. The van der Waals surface area contributed by atoms with Crippen molar-refractivity contribution < 1.29 is 8.42 Å². The minimum Gasteiger partial charge on any atom is -0.369 e. The van der Waals surface area contributed by atoms with Gasteiger partial charge in [-0.3, -0.25) is 4.90 Å². The highest BCUT2D eigenvalue weighted by atomic mass is 35.5. The second-order valence-corrected chi connectivity index (χ2v) is 8.48. The van der Waals surface area contributed by atoms with Crippen LogP contribution in [0.5, 0.6) is 0 Å². The Morgan fingerprint density at radius 1 is 0.875 bits per heavy atom. The van der Waals surface area contributed by atoms with Crippen molar-refractivity contribution in [3.05, 3.63) is 59.6 Å².